The van der Waals surface area contributed by atoms with Crippen LogP contribution in [-0.4, -0.2) is 32.6 Å². The summed E-state index contributed by atoms with van der Waals surface area (Å²) in [6.45, 7) is 1.92. The Morgan fingerprint density at radius 2 is 1.69 bits per heavy atom. The molecule has 0 fully saturated rings. The van der Waals surface area contributed by atoms with E-state index in [-0.39, 0.29) is 12.4 Å². The van der Waals surface area contributed by atoms with Crippen molar-refractivity contribution in [1.82, 2.24) is 5.32 Å². The number of amides is 2. The van der Waals surface area contributed by atoms with Gasteiger partial charge in [0.05, 0.1) is 14.2 Å². The lowest BCUT2D eigenvalue weighted by Gasteiger charge is -2.13. The van der Waals surface area contributed by atoms with E-state index in [0.29, 0.717) is 29.2 Å². The molecule has 6 nitrogen and oxygen atoms in total. The molecule has 0 aromatic heterocycles. The summed E-state index contributed by atoms with van der Waals surface area (Å²) in [7, 11) is 2.99. The normalized spacial score (nSPS) is 10.2. The molecule has 2 N–H and O–H groups in total. The van der Waals surface area contributed by atoms with Crippen LogP contribution >= 0.6 is 0 Å². The minimum absolute atomic E-state index is 0.151. The topological polar surface area (TPSA) is 76.7 Å². The number of halogens is 1. The number of benzene rings is 2. The lowest BCUT2D eigenvalue weighted by molar-refractivity contribution is -0.136. The van der Waals surface area contributed by atoms with Crippen molar-refractivity contribution >= 4 is 17.5 Å². The maximum atomic E-state index is 13.5. The molecule has 7 heteroatoms. The van der Waals surface area contributed by atoms with Crippen LogP contribution in [0.25, 0.3) is 0 Å². The van der Waals surface area contributed by atoms with E-state index in [0.717, 1.165) is 5.56 Å². The van der Waals surface area contributed by atoms with Gasteiger partial charge in [0.25, 0.3) is 0 Å². The lowest BCUT2D eigenvalue weighted by Crippen LogP contribution is -2.36. The zero-order chi connectivity index (χ0) is 19.1. The molecule has 0 aliphatic heterocycles. The molecule has 138 valence electrons. The van der Waals surface area contributed by atoms with Gasteiger partial charge in [-0.05, 0) is 36.6 Å². The molecule has 0 aliphatic rings. The second-order valence-corrected chi connectivity index (χ2v) is 5.57. The summed E-state index contributed by atoms with van der Waals surface area (Å²) in [4.78, 5) is 24.0. The smallest absolute Gasteiger partial charge is 0.313 e. The second kappa shape index (κ2) is 8.84. The van der Waals surface area contributed by atoms with Crippen LogP contribution in [0.3, 0.4) is 0 Å². The molecule has 2 amide bonds. The summed E-state index contributed by atoms with van der Waals surface area (Å²) in [5.41, 5.74) is 1.64. The lowest BCUT2D eigenvalue weighted by atomic mass is 10.1. The third kappa shape index (κ3) is 4.72. The summed E-state index contributed by atoms with van der Waals surface area (Å²) < 4.78 is 23.9. The van der Waals surface area contributed by atoms with Crippen LogP contribution in [0.5, 0.6) is 11.5 Å². The van der Waals surface area contributed by atoms with Gasteiger partial charge in [0.2, 0.25) is 0 Å². The largest absolute Gasteiger partial charge is 0.493 e. The number of nitrogens with one attached hydrogen (secondary N) is 2. The highest BCUT2D eigenvalue weighted by Gasteiger charge is 2.16. The molecule has 0 aliphatic carbocycles. The Balaban J connectivity index is 1.95. The minimum Gasteiger partial charge on any atom is -0.493 e. The molecule has 0 atom stereocenters. The standard InChI is InChI=1S/C19H21FN2O4/c1-12-10-16(25-2)17(26-3)11-15(12)22-19(24)18(23)21-9-8-13-6-4-5-7-14(13)20/h4-7,10-11H,8-9H2,1-3H3,(H,21,23)(H,22,24). The van der Waals surface area contributed by atoms with Crippen molar-refractivity contribution in [3.8, 4) is 11.5 Å². The van der Waals surface area contributed by atoms with Crippen molar-refractivity contribution in [2.75, 3.05) is 26.1 Å². The number of carbonyl (C=O) groups is 2. The van der Waals surface area contributed by atoms with Crippen LogP contribution in [0.15, 0.2) is 36.4 Å². The highest BCUT2D eigenvalue weighted by atomic mass is 19.1. The van der Waals surface area contributed by atoms with E-state index >= 15 is 0 Å². The summed E-state index contributed by atoms with van der Waals surface area (Å²) in [6.07, 6.45) is 0.293. The van der Waals surface area contributed by atoms with Crippen LogP contribution in [0.4, 0.5) is 10.1 Å². The molecule has 0 saturated carbocycles. The van der Waals surface area contributed by atoms with E-state index in [9.17, 15) is 14.0 Å². The average Bonchev–Trinajstić information content (AvgIpc) is 2.64. The van der Waals surface area contributed by atoms with Crippen molar-refractivity contribution in [3.05, 3.63) is 53.3 Å². The molecule has 2 aromatic rings. The van der Waals surface area contributed by atoms with Crippen molar-refractivity contribution in [2.45, 2.75) is 13.3 Å². The van der Waals surface area contributed by atoms with E-state index in [1.54, 1.807) is 37.3 Å². The predicted octanol–water partition coefficient (Wildman–Crippen LogP) is 2.45. The molecule has 0 bridgehead atoms. The number of anilines is 1. The molecule has 26 heavy (non-hydrogen) atoms. The van der Waals surface area contributed by atoms with E-state index in [1.165, 1.54) is 20.3 Å². The molecule has 0 spiro atoms. The highest BCUT2D eigenvalue weighted by molar-refractivity contribution is 6.39. The SMILES string of the molecule is COc1cc(C)c(NC(=O)C(=O)NCCc2ccccc2F)cc1OC. The first-order valence-corrected chi connectivity index (χ1v) is 8.01. The first-order valence-electron chi connectivity index (χ1n) is 8.01. The van der Waals surface area contributed by atoms with Crippen molar-refractivity contribution in [2.24, 2.45) is 0 Å². The molecule has 0 radical (unpaired) electrons. The van der Waals surface area contributed by atoms with Crippen LogP contribution < -0.4 is 20.1 Å². The molecule has 0 unspecified atom stereocenters. The number of ether oxygens (including phenoxy) is 2. The predicted molar refractivity (Wildman–Crippen MR) is 96.0 cm³/mol. The third-order valence-electron chi connectivity index (χ3n) is 3.82. The zero-order valence-corrected chi connectivity index (χ0v) is 14.9. The quantitative estimate of drug-likeness (QED) is 0.776. The Bertz CT molecular complexity index is 808. The summed E-state index contributed by atoms with van der Waals surface area (Å²) in [5, 5.41) is 5.01. The Morgan fingerprint density at radius 1 is 1.04 bits per heavy atom. The average molecular weight is 360 g/mol. The number of rotatable bonds is 6. The Hall–Kier alpha value is -3.09. The fraction of sp³-hybridized carbons (Fsp3) is 0.263. The van der Waals surface area contributed by atoms with Crippen LogP contribution in [-0.2, 0) is 16.0 Å². The van der Waals surface area contributed by atoms with Crippen molar-refractivity contribution in [3.63, 3.8) is 0 Å². The van der Waals surface area contributed by atoms with E-state index in [2.05, 4.69) is 10.6 Å². The zero-order valence-electron chi connectivity index (χ0n) is 14.9. The molecular formula is C19H21FN2O4. The van der Waals surface area contributed by atoms with Gasteiger partial charge in [0.15, 0.2) is 11.5 Å². The van der Waals surface area contributed by atoms with Crippen LogP contribution in [0, 0.1) is 12.7 Å². The minimum atomic E-state index is -0.811. The van der Waals surface area contributed by atoms with E-state index in [1.807, 2.05) is 0 Å². The maximum Gasteiger partial charge on any atom is 0.313 e. The number of aryl methyl sites for hydroxylation is 1. The molecule has 0 heterocycles. The van der Waals surface area contributed by atoms with E-state index in [4.69, 9.17) is 9.47 Å². The highest BCUT2D eigenvalue weighted by Crippen LogP contribution is 2.32. The summed E-state index contributed by atoms with van der Waals surface area (Å²) in [5.74, 6) is -0.984. The van der Waals surface area contributed by atoms with Crippen molar-refractivity contribution in [1.29, 1.82) is 0 Å². The number of hydrogen-bond acceptors (Lipinski definition) is 4. The van der Waals surface area contributed by atoms with Crippen LogP contribution in [0.1, 0.15) is 11.1 Å². The first-order chi connectivity index (χ1) is 12.5. The Kier molecular flexibility index (Phi) is 6.54. The molecule has 2 rings (SSSR count). The Labute approximate surface area is 151 Å². The van der Waals surface area contributed by atoms with Gasteiger partial charge in [-0.25, -0.2) is 4.39 Å². The number of carbonyl (C=O) groups excluding carboxylic acids is 2. The van der Waals surface area contributed by atoms with Crippen LogP contribution in [0.2, 0.25) is 0 Å². The second-order valence-electron chi connectivity index (χ2n) is 5.57. The number of hydrogen-bond donors (Lipinski definition) is 2. The van der Waals surface area contributed by atoms with Gasteiger partial charge in [0.1, 0.15) is 5.82 Å². The van der Waals surface area contributed by atoms with Gasteiger partial charge < -0.3 is 20.1 Å². The van der Waals surface area contributed by atoms with Gasteiger partial charge in [-0.15, -0.1) is 0 Å². The van der Waals surface area contributed by atoms with Crippen molar-refractivity contribution < 1.29 is 23.5 Å². The fourth-order valence-corrected chi connectivity index (χ4v) is 2.39. The third-order valence-corrected chi connectivity index (χ3v) is 3.82. The van der Waals surface area contributed by atoms with Gasteiger partial charge in [-0.1, -0.05) is 18.2 Å². The molecule has 2 aromatic carbocycles. The summed E-state index contributed by atoms with van der Waals surface area (Å²) in [6, 6.07) is 9.57. The number of methoxy groups -OCH3 is 2. The molecular weight excluding hydrogens is 339 g/mol. The van der Waals surface area contributed by atoms with Gasteiger partial charge >= 0.3 is 11.8 Å². The van der Waals surface area contributed by atoms with Gasteiger partial charge in [-0.3, -0.25) is 9.59 Å². The Morgan fingerprint density at radius 3 is 2.35 bits per heavy atom. The van der Waals surface area contributed by atoms with Gasteiger partial charge in [-0.2, -0.15) is 0 Å². The maximum absolute atomic E-state index is 13.5. The fourth-order valence-electron chi connectivity index (χ4n) is 2.39. The first kappa shape index (κ1) is 19.2. The summed E-state index contributed by atoms with van der Waals surface area (Å²) >= 11 is 0. The monoisotopic (exact) mass is 360 g/mol. The molecule has 0 saturated heterocycles. The van der Waals surface area contributed by atoms with Gasteiger partial charge in [0, 0.05) is 18.3 Å². The van der Waals surface area contributed by atoms with E-state index < -0.39 is 11.8 Å².